The summed E-state index contributed by atoms with van der Waals surface area (Å²) in [6, 6.07) is 0. The number of rotatable bonds is 2. The molecule has 0 bridgehead atoms. The van der Waals surface area contributed by atoms with Crippen LogP contribution in [0.2, 0.25) is 0 Å². The number of halogens is 1. The SMILES string of the molecule is C[C@]1(C=O)CC[C@H]2OC(CBr)C[C@]21C. The Balaban J connectivity index is 2.26. The largest absolute Gasteiger partial charge is 0.373 e. The highest BCUT2D eigenvalue weighted by Crippen LogP contribution is 2.59. The number of hydrogen-bond acceptors (Lipinski definition) is 2. The third kappa shape index (κ3) is 1.21. The van der Waals surface area contributed by atoms with Crippen LogP contribution in [0.15, 0.2) is 0 Å². The van der Waals surface area contributed by atoms with Crippen molar-refractivity contribution >= 4 is 22.2 Å². The molecule has 0 aromatic carbocycles. The van der Waals surface area contributed by atoms with E-state index in [1.807, 2.05) is 0 Å². The number of carbonyl (C=O) groups is 1. The highest BCUT2D eigenvalue weighted by Gasteiger charge is 2.59. The van der Waals surface area contributed by atoms with Crippen molar-refractivity contribution in [1.29, 1.82) is 0 Å². The molecule has 14 heavy (non-hydrogen) atoms. The van der Waals surface area contributed by atoms with Gasteiger partial charge >= 0.3 is 0 Å². The molecule has 1 unspecified atom stereocenters. The van der Waals surface area contributed by atoms with E-state index < -0.39 is 0 Å². The Labute approximate surface area is 93.5 Å². The zero-order valence-electron chi connectivity index (χ0n) is 8.75. The number of carbonyl (C=O) groups excluding carboxylic acids is 1. The summed E-state index contributed by atoms with van der Waals surface area (Å²) in [5.41, 5.74) is -0.109. The number of hydrogen-bond donors (Lipinski definition) is 0. The summed E-state index contributed by atoms with van der Waals surface area (Å²) in [7, 11) is 0. The first kappa shape index (κ1) is 10.6. The Morgan fingerprint density at radius 3 is 2.86 bits per heavy atom. The van der Waals surface area contributed by atoms with Gasteiger partial charge < -0.3 is 9.53 Å². The summed E-state index contributed by atoms with van der Waals surface area (Å²) in [5, 5.41) is 0.883. The number of fused-ring (bicyclic) bond motifs is 1. The van der Waals surface area contributed by atoms with E-state index in [-0.39, 0.29) is 10.8 Å². The second kappa shape index (κ2) is 3.31. The topological polar surface area (TPSA) is 26.3 Å². The smallest absolute Gasteiger partial charge is 0.126 e. The molecule has 4 atom stereocenters. The first-order valence-electron chi connectivity index (χ1n) is 5.23. The maximum Gasteiger partial charge on any atom is 0.126 e. The fourth-order valence-corrected chi connectivity index (χ4v) is 3.41. The molecule has 1 heterocycles. The molecule has 0 aromatic rings. The van der Waals surface area contributed by atoms with Crippen LogP contribution >= 0.6 is 15.9 Å². The Morgan fingerprint density at radius 1 is 1.57 bits per heavy atom. The van der Waals surface area contributed by atoms with Gasteiger partial charge in [0, 0.05) is 16.2 Å². The van der Waals surface area contributed by atoms with Crippen LogP contribution in [-0.2, 0) is 9.53 Å². The average molecular weight is 261 g/mol. The molecular weight excluding hydrogens is 244 g/mol. The quantitative estimate of drug-likeness (QED) is 0.564. The molecule has 80 valence electrons. The molecule has 1 aliphatic heterocycles. The van der Waals surface area contributed by atoms with E-state index in [1.165, 1.54) is 0 Å². The first-order valence-corrected chi connectivity index (χ1v) is 6.36. The summed E-state index contributed by atoms with van der Waals surface area (Å²) in [4.78, 5) is 11.2. The monoisotopic (exact) mass is 260 g/mol. The minimum absolute atomic E-state index is 0.0627. The molecule has 2 aliphatic rings. The van der Waals surface area contributed by atoms with Crippen LogP contribution in [0.4, 0.5) is 0 Å². The molecule has 1 saturated heterocycles. The fraction of sp³-hybridized carbons (Fsp3) is 0.909. The average Bonchev–Trinajstić information content (AvgIpc) is 2.62. The van der Waals surface area contributed by atoms with E-state index in [2.05, 4.69) is 29.8 Å². The molecular formula is C11H17BrO2. The van der Waals surface area contributed by atoms with Gasteiger partial charge in [0.15, 0.2) is 0 Å². The molecule has 1 saturated carbocycles. The van der Waals surface area contributed by atoms with Crippen molar-refractivity contribution in [3.63, 3.8) is 0 Å². The number of alkyl halides is 1. The highest BCUT2D eigenvalue weighted by molar-refractivity contribution is 9.09. The summed E-state index contributed by atoms with van der Waals surface area (Å²) in [6.45, 7) is 4.29. The number of aldehydes is 1. The zero-order valence-corrected chi connectivity index (χ0v) is 10.3. The Kier molecular flexibility index (Phi) is 2.51. The van der Waals surface area contributed by atoms with E-state index in [9.17, 15) is 4.79 Å². The van der Waals surface area contributed by atoms with Crippen LogP contribution in [0.5, 0.6) is 0 Å². The normalized spacial score (nSPS) is 51.9. The highest BCUT2D eigenvalue weighted by atomic mass is 79.9. The van der Waals surface area contributed by atoms with Gasteiger partial charge in [0.1, 0.15) is 6.29 Å². The van der Waals surface area contributed by atoms with E-state index >= 15 is 0 Å². The van der Waals surface area contributed by atoms with Crippen molar-refractivity contribution in [3.05, 3.63) is 0 Å². The molecule has 0 radical (unpaired) electrons. The summed E-state index contributed by atoms with van der Waals surface area (Å²) >= 11 is 3.45. The van der Waals surface area contributed by atoms with Crippen LogP contribution in [0.1, 0.15) is 33.1 Å². The van der Waals surface area contributed by atoms with Gasteiger partial charge in [0.05, 0.1) is 12.2 Å². The Hall–Kier alpha value is 0.110. The third-order valence-electron chi connectivity index (χ3n) is 4.38. The predicted octanol–water partition coefficient (Wildman–Crippen LogP) is 2.54. The van der Waals surface area contributed by atoms with Gasteiger partial charge in [0.2, 0.25) is 0 Å². The van der Waals surface area contributed by atoms with Gasteiger partial charge in [0.25, 0.3) is 0 Å². The lowest BCUT2D eigenvalue weighted by Crippen LogP contribution is -2.37. The summed E-state index contributed by atoms with van der Waals surface area (Å²) in [5.74, 6) is 0. The molecule has 0 aromatic heterocycles. The lowest BCUT2D eigenvalue weighted by atomic mass is 9.66. The fourth-order valence-electron chi connectivity index (χ4n) is 3.02. The van der Waals surface area contributed by atoms with Crippen molar-refractivity contribution in [2.45, 2.75) is 45.3 Å². The van der Waals surface area contributed by atoms with Crippen LogP contribution in [0, 0.1) is 10.8 Å². The third-order valence-corrected chi connectivity index (χ3v) is 5.10. The minimum atomic E-state index is -0.172. The van der Waals surface area contributed by atoms with E-state index in [0.717, 1.165) is 30.9 Å². The lowest BCUT2D eigenvalue weighted by Gasteiger charge is -2.35. The Morgan fingerprint density at radius 2 is 2.29 bits per heavy atom. The number of ether oxygens (including phenoxy) is 1. The standard InChI is InChI=1S/C11H17BrO2/c1-10(7-13)4-3-9-11(10,2)5-8(6-12)14-9/h7-9H,3-6H2,1-2H3/t8?,9-,10-,11-/m1/s1. The van der Waals surface area contributed by atoms with Crippen molar-refractivity contribution in [3.8, 4) is 0 Å². The second-order valence-corrected chi connectivity index (χ2v) is 5.74. The molecule has 1 aliphatic carbocycles. The van der Waals surface area contributed by atoms with Gasteiger partial charge in [-0.1, -0.05) is 29.8 Å². The Bertz CT molecular complexity index is 256. The maximum atomic E-state index is 11.2. The molecule has 0 amide bonds. The van der Waals surface area contributed by atoms with Crippen LogP contribution < -0.4 is 0 Å². The van der Waals surface area contributed by atoms with Gasteiger partial charge in [-0.25, -0.2) is 0 Å². The van der Waals surface area contributed by atoms with E-state index in [0.29, 0.717) is 12.2 Å². The molecule has 0 spiro atoms. The van der Waals surface area contributed by atoms with Crippen molar-refractivity contribution in [1.82, 2.24) is 0 Å². The van der Waals surface area contributed by atoms with Gasteiger partial charge in [-0.15, -0.1) is 0 Å². The minimum Gasteiger partial charge on any atom is -0.373 e. The molecule has 0 N–H and O–H groups in total. The summed E-state index contributed by atoms with van der Waals surface area (Å²) < 4.78 is 5.93. The van der Waals surface area contributed by atoms with Crippen molar-refractivity contribution in [2.75, 3.05) is 5.33 Å². The first-order chi connectivity index (χ1) is 6.55. The predicted molar refractivity (Wildman–Crippen MR) is 58.6 cm³/mol. The van der Waals surface area contributed by atoms with E-state index in [4.69, 9.17) is 4.74 Å². The van der Waals surface area contributed by atoms with E-state index in [1.54, 1.807) is 0 Å². The molecule has 2 nitrogen and oxygen atoms in total. The van der Waals surface area contributed by atoms with Gasteiger partial charge in [-0.3, -0.25) is 0 Å². The van der Waals surface area contributed by atoms with Gasteiger partial charge in [-0.05, 0) is 19.3 Å². The van der Waals surface area contributed by atoms with Crippen molar-refractivity contribution < 1.29 is 9.53 Å². The van der Waals surface area contributed by atoms with Crippen LogP contribution in [0.3, 0.4) is 0 Å². The zero-order chi connectivity index (χ0) is 10.4. The maximum absolute atomic E-state index is 11.2. The molecule has 3 heteroatoms. The van der Waals surface area contributed by atoms with Gasteiger partial charge in [-0.2, -0.15) is 0 Å². The van der Waals surface area contributed by atoms with Crippen molar-refractivity contribution in [2.24, 2.45) is 10.8 Å². The van der Waals surface area contributed by atoms with Crippen LogP contribution in [-0.4, -0.2) is 23.8 Å². The second-order valence-electron chi connectivity index (χ2n) is 5.10. The molecule has 2 fully saturated rings. The van der Waals surface area contributed by atoms with Crippen LogP contribution in [0.25, 0.3) is 0 Å². The summed E-state index contributed by atoms with van der Waals surface area (Å²) in [6.07, 6.45) is 4.76. The molecule has 2 rings (SSSR count). The lowest BCUT2D eigenvalue weighted by molar-refractivity contribution is -0.120.